The summed E-state index contributed by atoms with van der Waals surface area (Å²) in [6.45, 7) is 3.94. The van der Waals surface area contributed by atoms with Gasteiger partial charge in [-0.05, 0) is 61.9 Å². The van der Waals surface area contributed by atoms with Crippen molar-refractivity contribution in [2.75, 3.05) is 33.3 Å². The lowest BCUT2D eigenvalue weighted by atomic mass is 10.1. The zero-order chi connectivity index (χ0) is 22.8. The monoisotopic (exact) mass is 429 g/mol. The van der Waals surface area contributed by atoms with Crippen LogP contribution in [0.25, 0.3) is 6.08 Å². The molecule has 0 aliphatic rings. The predicted molar refractivity (Wildman–Crippen MR) is 117 cm³/mol. The molecule has 2 aromatic rings. The quantitative estimate of drug-likeness (QED) is 0.455. The van der Waals surface area contributed by atoms with Gasteiger partial charge in [-0.25, -0.2) is 4.79 Å². The summed E-state index contributed by atoms with van der Waals surface area (Å²) in [7, 11) is 4.51. The Labute approximate surface area is 181 Å². The van der Waals surface area contributed by atoms with Gasteiger partial charge in [0.15, 0.2) is 17.6 Å². The average molecular weight is 429 g/mol. The first-order valence-electron chi connectivity index (χ1n) is 9.64. The Balaban J connectivity index is 1.98. The molecular weight excluding hydrogens is 402 g/mol. The maximum atomic E-state index is 12.3. The lowest BCUT2D eigenvalue weighted by Crippen LogP contribution is -2.29. The Morgan fingerprint density at radius 1 is 1.00 bits per heavy atom. The first-order chi connectivity index (χ1) is 14.9. The smallest absolute Gasteiger partial charge is 0.331 e. The molecule has 0 saturated heterocycles. The predicted octanol–water partition coefficient (Wildman–Crippen LogP) is 3.69. The molecule has 0 fully saturated rings. The molecule has 1 atom stereocenters. The van der Waals surface area contributed by atoms with Crippen molar-refractivity contribution in [2.24, 2.45) is 0 Å². The summed E-state index contributed by atoms with van der Waals surface area (Å²) in [6.07, 6.45) is 1.77. The van der Waals surface area contributed by atoms with E-state index >= 15 is 0 Å². The molecular formula is C23H27NO7. The number of hydrogen-bond acceptors (Lipinski definition) is 7. The van der Waals surface area contributed by atoms with E-state index in [2.05, 4.69) is 5.32 Å². The van der Waals surface area contributed by atoms with Gasteiger partial charge in [-0.1, -0.05) is 0 Å². The normalized spacial score (nSPS) is 11.5. The summed E-state index contributed by atoms with van der Waals surface area (Å²) in [4.78, 5) is 24.4. The van der Waals surface area contributed by atoms with E-state index in [4.69, 9.17) is 23.7 Å². The molecule has 8 nitrogen and oxygen atoms in total. The third kappa shape index (κ3) is 6.67. The van der Waals surface area contributed by atoms with E-state index in [9.17, 15) is 9.59 Å². The van der Waals surface area contributed by atoms with Crippen LogP contribution in [-0.2, 0) is 14.3 Å². The molecule has 1 amide bonds. The fourth-order valence-corrected chi connectivity index (χ4v) is 2.67. The van der Waals surface area contributed by atoms with E-state index < -0.39 is 18.0 Å². The summed E-state index contributed by atoms with van der Waals surface area (Å²) < 4.78 is 26.4. The fourth-order valence-electron chi connectivity index (χ4n) is 2.67. The molecule has 31 heavy (non-hydrogen) atoms. The molecule has 0 bridgehead atoms. The summed E-state index contributed by atoms with van der Waals surface area (Å²) in [5, 5.41) is 2.69. The molecule has 0 saturated carbocycles. The number of methoxy groups -OCH3 is 3. The van der Waals surface area contributed by atoms with Crippen molar-refractivity contribution in [3.63, 3.8) is 0 Å². The van der Waals surface area contributed by atoms with Crippen molar-refractivity contribution in [3.8, 4) is 23.0 Å². The second-order valence-electron chi connectivity index (χ2n) is 6.32. The van der Waals surface area contributed by atoms with Gasteiger partial charge in [0, 0.05) is 11.8 Å². The van der Waals surface area contributed by atoms with Crippen LogP contribution >= 0.6 is 0 Å². The number of benzene rings is 2. The topological polar surface area (TPSA) is 92.3 Å². The number of esters is 1. The van der Waals surface area contributed by atoms with Gasteiger partial charge in [-0.15, -0.1) is 0 Å². The van der Waals surface area contributed by atoms with Crippen molar-refractivity contribution in [1.82, 2.24) is 0 Å². The van der Waals surface area contributed by atoms with Crippen LogP contribution in [0.3, 0.4) is 0 Å². The van der Waals surface area contributed by atoms with Gasteiger partial charge in [0.1, 0.15) is 5.75 Å². The lowest BCUT2D eigenvalue weighted by Gasteiger charge is -2.13. The first kappa shape index (κ1) is 23.6. The van der Waals surface area contributed by atoms with E-state index in [-0.39, 0.29) is 0 Å². The fraction of sp³-hybridized carbons (Fsp3) is 0.304. The number of anilines is 1. The van der Waals surface area contributed by atoms with E-state index in [1.165, 1.54) is 40.4 Å². The van der Waals surface area contributed by atoms with Gasteiger partial charge in [-0.3, -0.25) is 4.79 Å². The van der Waals surface area contributed by atoms with Crippen LogP contribution in [0, 0.1) is 0 Å². The van der Waals surface area contributed by atoms with E-state index in [0.29, 0.717) is 40.9 Å². The van der Waals surface area contributed by atoms with Crippen molar-refractivity contribution in [3.05, 3.63) is 48.0 Å². The zero-order valence-electron chi connectivity index (χ0n) is 18.3. The number of rotatable bonds is 10. The maximum Gasteiger partial charge on any atom is 0.331 e. The maximum absolute atomic E-state index is 12.3. The standard InChI is InChI=1S/C23H27NO7/c1-6-30-18-10-8-17(9-11-18)24-23(26)15(2)31-21(25)12-7-16-13-19(27-3)22(29-5)20(14-16)28-4/h7-15H,6H2,1-5H3,(H,24,26). The Morgan fingerprint density at radius 3 is 2.13 bits per heavy atom. The van der Waals surface area contributed by atoms with E-state index in [1.807, 2.05) is 6.92 Å². The number of ether oxygens (including phenoxy) is 5. The van der Waals surface area contributed by atoms with Crippen LogP contribution in [0.2, 0.25) is 0 Å². The molecule has 8 heteroatoms. The van der Waals surface area contributed by atoms with Gasteiger partial charge in [0.2, 0.25) is 5.75 Å². The molecule has 0 heterocycles. The molecule has 1 unspecified atom stereocenters. The molecule has 1 N–H and O–H groups in total. The van der Waals surface area contributed by atoms with Crippen molar-refractivity contribution >= 4 is 23.6 Å². The van der Waals surface area contributed by atoms with Crippen molar-refractivity contribution < 1.29 is 33.3 Å². The molecule has 0 aromatic heterocycles. The molecule has 0 radical (unpaired) electrons. The van der Waals surface area contributed by atoms with E-state index in [0.717, 1.165) is 0 Å². The minimum atomic E-state index is -0.983. The van der Waals surface area contributed by atoms with Crippen LogP contribution in [0.1, 0.15) is 19.4 Å². The van der Waals surface area contributed by atoms with Crippen LogP contribution in [0.5, 0.6) is 23.0 Å². The minimum Gasteiger partial charge on any atom is -0.494 e. The van der Waals surface area contributed by atoms with Gasteiger partial charge in [0.25, 0.3) is 5.91 Å². The Hall–Kier alpha value is -3.68. The average Bonchev–Trinajstić information content (AvgIpc) is 2.78. The third-order valence-corrected chi connectivity index (χ3v) is 4.19. The van der Waals surface area contributed by atoms with Gasteiger partial charge < -0.3 is 29.0 Å². The minimum absolute atomic E-state index is 0.446. The highest BCUT2D eigenvalue weighted by Gasteiger charge is 2.17. The largest absolute Gasteiger partial charge is 0.494 e. The van der Waals surface area contributed by atoms with Crippen molar-refractivity contribution in [2.45, 2.75) is 20.0 Å². The van der Waals surface area contributed by atoms with E-state index in [1.54, 1.807) is 36.4 Å². The lowest BCUT2D eigenvalue weighted by molar-refractivity contribution is -0.148. The Kier molecular flexibility index (Phi) is 8.75. The van der Waals surface area contributed by atoms with Gasteiger partial charge in [0.05, 0.1) is 27.9 Å². The molecule has 0 spiro atoms. The number of amides is 1. The van der Waals surface area contributed by atoms with Crippen LogP contribution in [-0.4, -0.2) is 45.9 Å². The van der Waals surface area contributed by atoms with Crippen molar-refractivity contribution in [1.29, 1.82) is 0 Å². The highest BCUT2D eigenvalue weighted by atomic mass is 16.5. The summed E-state index contributed by atoms with van der Waals surface area (Å²) >= 11 is 0. The third-order valence-electron chi connectivity index (χ3n) is 4.19. The molecule has 0 aliphatic heterocycles. The highest BCUT2D eigenvalue weighted by molar-refractivity contribution is 5.96. The Morgan fingerprint density at radius 2 is 1.61 bits per heavy atom. The number of nitrogens with one attached hydrogen (secondary N) is 1. The van der Waals surface area contributed by atoms with Gasteiger partial charge in [-0.2, -0.15) is 0 Å². The SMILES string of the molecule is CCOc1ccc(NC(=O)C(C)OC(=O)C=Cc2cc(OC)c(OC)c(OC)c2)cc1. The first-order valence-corrected chi connectivity index (χ1v) is 9.64. The summed E-state index contributed by atoms with van der Waals surface area (Å²) in [5.74, 6) is 0.957. The second-order valence-corrected chi connectivity index (χ2v) is 6.32. The molecule has 0 aliphatic carbocycles. The molecule has 2 rings (SSSR count). The number of carbonyl (C=O) groups excluding carboxylic acids is 2. The number of carbonyl (C=O) groups is 2. The van der Waals surface area contributed by atoms with Crippen LogP contribution in [0.15, 0.2) is 42.5 Å². The Bertz CT molecular complexity index is 897. The number of hydrogen-bond donors (Lipinski definition) is 1. The zero-order valence-corrected chi connectivity index (χ0v) is 18.3. The summed E-state index contributed by atoms with van der Waals surface area (Å²) in [6, 6.07) is 10.3. The van der Waals surface area contributed by atoms with Crippen LogP contribution in [0.4, 0.5) is 5.69 Å². The molecule has 166 valence electrons. The van der Waals surface area contributed by atoms with Crippen LogP contribution < -0.4 is 24.3 Å². The second kappa shape index (κ2) is 11.5. The van der Waals surface area contributed by atoms with Gasteiger partial charge >= 0.3 is 5.97 Å². The highest BCUT2D eigenvalue weighted by Crippen LogP contribution is 2.38. The summed E-state index contributed by atoms with van der Waals surface area (Å²) in [5.41, 5.74) is 1.21. The molecule has 2 aromatic carbocycles.